The first kappa shape index (κ1) is 11.5. The van der Waals surface area contributed by atoms with Crippen LogP contribution in [0.2, 0.25) is 0 Å². The highest BCUT2D eigenvalue weighted by atomic mass is 32.2. The summed E-state index contributed by atoms with van der Waals surface area (Å²) in [7, 11) is 0. The van der Waals surface area contributed by atoms with Gasteiger partial charge in [0.2, 0.25) is 5.91 Å². The summed E-state index contributed by atoms with van der Waals surface area (Å²) in [6.45, 7) is 4.78. The zero-order valence-corrected chi connectivity index (χ0v) is 10.3. The number of carbonyl (C=O) groups is 2. The standard InChI is InChI=1S/C11H15NO3S/c1-3-15-11(14)8-5-4-6-12-9(13)7(2)16-10(8)12/h7H,3-6H2,1-2H3. The molecule has 0 saturated carbocycles. The maximum atomic E-state index is 11.8. The number of rotatable bonds is 2. The number of amides is 1. The van der Waals surface area contributed by atoms with E-state index >= 15 is 0 Å². The van der Waals surface area contributed by atoms with Gasteiger partial charge in [0.1, 0.15) is 0 Å². The monoisotopic (exact) mass is 241 g/mol. The molecule has 1 atom stereocenters. The lowest BCUT2D eigenvalue weighted by Crippen LogP contribution is -2.32. The topological polar surface area (TPSA) is 46.6 Å². The molecule has 1 unspecified atom stereocenters. The normalized spacial score (nSPS) is 24.8. The third-order valence-corrected chi connectivity index (χ3v) is 3.98. The molecule has 0 radical (unpaired) electrons. The first-order valence-electron chi connectivity index (χ1n) is 5.53. The molecule has 1 fully saturated rings. The Kier molecular flexibility index (Phi) is 3.23. The minimum Gasteiger partial charge on any atom is -0.463 e. The molecule has 2 aliphatic rings. The van der Waals surface area contributed by atoms with Crippen LogP contribution in [0.25, 0.3) is 0 Å². The average Bonchev–Trinajstić information content (AvgIpc) is 2.55. The van der Waals surface area contributed by atoms with E-state index in [-0.39, 0.29) is 17.1 Å². The van der Waals surface area contributed by atoms with Gasteiger partial charge in [-0.2, -0.15) is 0 Å². The summed E-state index contributed by atoms with van der Waals surface area (Å²) in [4.78, 5) is 25.2. The summed E-state index contributed by atoms with van der Waals surface area (Å²) < 4.78 is 5.01. The van der Waals surface area contributed by atoms with Crippen molar-refractivity contribution < 1.29 is 14.3 Å². The Hall–Kier alpha value is -0.970. The van der Waals surface area contributed by atoms with Crippen LogP contribution in [0.15, 0.2) is 10.6 Å². The van der Waals surface area contributed by atoms with Crippen molar-refractivity contribution in [1.82, 2.24) is 4.90 Å². The van der Waals surface area contributed by atoms with Crippen LogP contribution in [-0.2, 0) is 14.3 Å². The van der Waals surface area contributed by atoms with Crippen LogP contribution in [0.1, 0.15) is 26.7 Å². The van der Waals surface area contributed by atoms with Crippen molar-refractivity contribution in [2.45, 2.75) is 31.9 Å². The largest absolute Gasteiger partial charge is 0.463 e. The van der Waals surface area contributed by atoms with Crippen molar-refractivity contribution in [1.29, 1.82) is 0 Å². The van der Waals surface area contributed by atoms with Gasteiger partial charge in [0.15, 0.2) is 0 Å². The fourth-order valence-electron chi connectivity index (χ4n) is 1.98. The van der Waals surface area contributed by atoms with Gasteiger partial charge in [-0.1, -0.05) is 11.8 Å². The van der Waals surface area contributed by atoms with Crippen molar-refractivity contribution in [3.05, 3.63) is 10.6 Å². The SMILES string of the molecule is CCOC(=O)C1=C2SC(C)C(=O)N2CCC1. The molecule has 1 saturated heterocycles. The molecular formula is C11H15NO3S. The van der Waals surface area contributed by atoms with Crippen molar-refractivity contribution in [2.75, 3.05) is 13.2 Å². The van der Waals surface area contributed by atoms with Crippen molar-refractivity contribution in [3.63, 3.8) is 0 Å². The number of hydrogen-bond acceptors (Lipinski definition) is 4. The molecule has 0 aromatic rings. The van der Waals surface area contributed by atoms with Crippen molar-refractivity contribution >= 4 is 23.6 Å². The van der Waals surface area contributed by atoms with Crippen molar-refractivity contribution in [2.24, 2.45) is 0 Å². The van der Waals surface area contributed by atoms with Gasteiger partial charge >= 0.3 is 5.97 Å². The van der Waals surface area contributed by atoms with E-state index < -0.39 is 0 Å². The molecule has 2 rings (SSSR count). The Morgan fingerprint density at radius 1 is 1.62 bits per heavy atom. The summed E-state index contributed by atoms with van der Waals surface area (Å²) in [5.41, 5.74) is 0.677. The Balaban J connectivity index is 2.29. The maximum absolute atomic E-state index is 11.8. The van der Waals surface area contributed by atoms with Crippen LogP contribution in [0, 0.1) is 0 Å². The number of fused-ring (bicyclic) bond motifs is 1. The lowest BCUT2D eigenvalue weighted by Gasteiger charge is -2.24. The minimum atomic E-state index is -0.267. The predicted molar refractivity (Wildman–Crippen MR) is 61.7 cm³/mol. The summed E-state index contributed by atoms with van der Waals surface area (Å²) in [6, 6.07) is 0. The smallest absolute Gasteiger partial charge is 0.336 e. The summed E-state index contributed by atoms with van der Waals surface area (Å²) in [5, 5.41) is 0.750. The van der Waals surface area contributed by atoms with Crippen LogP contribution in [-0.4, -0.2) is 35.2 Å². The lowest BCUT2D eigenvalue weighted by molar-refractivity contribution is -0.139. The number of nitrogens with zero attached hydrogens (tertiary/aromatic N) is 1. The van der Waals surface area contributed by atoms with E-state index in [2.05, 4.69) is 0 Å². The van der Waals surface area contributed by atoms with Gasteiger partial charge in [-0.15, -0.1) is 0 Å². The fourth-order valence-corrected chi connectivity index (χ4v) is 3.17. The van der Waals surface area contributed by atoms with Crippen LogP contribution in [0.5, 0.6) is 0 Å². The van der Waals surface area contributed by atoms with Crippen LogP contribution in [0.4, 0.5) is 0 Å². The number of hydrogen-bond donors (Lipinski definition) is 0. The van der Waals surface area contributed by atoms with Gasteiger partial charge < -0.3 is 9.64 Å². The molecule has 88 valence electrons. The first-order chi connectivity index (χ1) is 7.65. The zero-order valence-electron chi connectivity index (χ0n) is 9.49. The molecule has 0 N–H and O–H groups in total. The molecule has 16 heavy (non-hydrogen) atoms. The van der Waals surface area contributed by atoms with E-state index in [1.807, 2.05) is 6.92 Å². The highest BCUT2D eigenvalue weighted by Gasteiger charge is 2.38. The second-order valence-electron chi connectivity index (χ2n) is 3.86. The second kappa shape index (κ2) is 4.49. The van der Waals surface area contributed by atoms with E-state index in [1.165, 1.54) is 11.8 Å². The van der Waals surface area contributed by atoms with Crippen molar-refractivity contribution in [3.8, 4) is 0 Å². The van der Waals surface area contributed by atoms with E-state index in [9.17, 15) is 9.59 Å². The van der Waals surface area contributed by atoms with E-state index in [0.29, 0.717) is 12.2 Å². The summed E-state index contributed by atoms with van der Waals surface area (Å²) >= 11 is 1.48. The summed E-state index contributed by atoms with van der Waals surface area (Å²) in [5.74, 6) is -0.155. The second-order valence-corrected chi connectivity index (χ2v) is 5.19. The maximum Gasteiger partial charge on any atom is 0.336 e. The third kappa shape index (κ3) is 1.84. The van der Waals surface area contributed by atoms with Crippen LogP contribution < -0.4 is 0 Å². The molecule has 2 aliphatic heterocycles. The average molecular weight is 241 g/mol. The van der Waals surface area contributed by atoms with Gasteiger partial charge in [0.05, 0.1) is 22.5 Å². The number of carbonyl (C=O) groups excluding carboxylic acids is 2. The van der Waals surface area contributed by atoms with E-state index in [0.717, 1.165) is 24.4 Å². The molecule has 4 nitrogen and oxygen atoms in total. The van der Waals surface area contributed by atoms with Crippen LogP contribution in [0.3, 0.4) is 0 Å². The van der Waals surface area contributed by atoms with Gasteiger partial charge in [0, 0.05) is 6.54 Å². The van der Waals surface area contributed by atoms with E-state index in [1.54, 1.807) is 11.8 Å². The Morgan fingerprint density at radius 2 is 2.38 bits per heavy atom. The molecule has 5 heteroatoms. The number of esters is 1. The number of ether oxygens (including phenoxy) is 1. The third-order valence-electron chi connectivity index (χ3n) is 2.74. The minimum absolute atomic E-state index is 0.0717. The van der Waals surface area contributed by atoms with Gasteiger partial charge in [-0.25, -0.2) is 4.79 Å². The Labute approximate surface area is 99.0 Å². The molecule has 0 aliphatic carbocycles. The molecule has 0 bridgehead atoms. The summed E-state index contributed by atoms with van der Waals surface area (Å²) in [6.07, 6.45) is 1.56. The Morgan fingerprint density at radius 3 is 3.06 bits per heavy atom. The quantitative estimate of drug-likeness (QED) is 0.688. The molecule has 0 spiro atoms. The number of thioether (sulfide) groups is 1. The first-order valence-corrected chi connectivity index (χ1v) is 6.41. The van der Waals surface area contributed by atoms with Gasteiger partial charge in [-0.05, 0) is 26.7 Å². The van der Waals surface area contributed by atoms with Gasteiger partial charge in [-0.3, -0.25) is 4.79 Å². The molecule has 0 aromatic carbocycles. The Bertz CT molecular complexity index is 364. The lowest BCUT2D eigenvalue weighted by atomic mass is 10.1. The van der Waals surface area contributed by atoms with E-state index in [4.69, 9.17) is 4.74 Å². The van der Waals surface area contributed by atoms with Gasteiger partial charge in [0.25, 0.3) is 0 Å². The molecule has 2 heterocycles. The highest BCUT2D eigenvalue weighted by Crippen LogP contribution is 2.40. The fraction of sp³-hybridized carbons (Fsp3) is 0.636. The molecule has 1 amide bonds. The zero-order chi connectivity index (χ0) is 11.7. The highest BCUT2D eigenvalue weighted by molar-refractivity contribution is 8.04. The van der Waals surface area contributed by atoms with Crippen LogP contribution >= 0.6 is 11.8 Å². The molecular weight excluding hydrogens is 226 g/mol. The predicted octanol–water partition coefficient (Wildman–Crippen LogP) is 1.52. The molecule has 0 aromatic heterocycles.